The van der Waals surface area contributed by atoms with Crippen LogP contribution in [0.2, 0.25) is 0 Å². The molecule has 2 aromatic heterocycles. The molecule has 0 aliphatic carbocycles. The molecule has 4 rings (SSSR count). The lowest BCUT2D eigenvalue weighted by Crippen LogP contribution is -2.40. The number of hydrogen-bond acceptors (Lipinski definition) is 4. The Hall–Kier alpha value is -3.35. The molecule has 29 heavy (non-hydrogen) atoms. The van der Waals surface area contributed by atoms with Crippen molar-refractivity contribution in [1.82, 2.24) is 25.0 Å². The van der Waals surface area contributed by atoms with Gasteiger partial charge in [-0.15, -0.1) is 0 Å². The molecule has 1 N–H and O–H groups in total. The maximum Gasteiger partial charge on any atom is 0.213 e. The lowest BCUT2D eigenvalue weighted by Gasteiger charge is -2.22. The van der Waals surface area contributed by atoms with Crippen LogP contribution < -0.4 is 10.1 Å². The number of para-hydroxylation sites is 1. The molecule has 7 nitrogen and oxygen atoms in total. The number of benzene rings is 1. The second kappa shape index (κ2) is 8.77. The number of aliphatic imine (C=N–C) groups is 1. The number of ether oxygens (including phenoxy) is 1. The van der Waals surface area contributed by atoms with Gasteiger partial charge < -0.3 is 15.0 Å². The van der Waals surface area contributed by atoms with Crippen molar-refractivity contribution >= 4 is 5.96 Å². The van der Waals surface area contributed by atoms with E-state index in [-0.39, 0.29) is 6.10 Å². The van der Waals surface area contributed by atoms with E-state index in [0.717, 1.165) is 42.4 Å². The van der Waals surface area contributed by atoms with E-state index in [1.807, 2.05) is 61.2 Å². The van der Waals surface area contributed by atoms with Crippen molar-refractivity contribution in [3.63, 3.8) is 0 Å². The molecule has 3 heterocycles. The highest BCUT2D eigenvalue weighted by Crippen LogP contribution is 2.17. The first-order valence-electron chi connectivity index (χ1n) is 9.87. The fraction of sp³-hybridized carbons (Fsp3) is 0.318. The van der Waals surface area contributed by atoms with E-state index in [0.29, 0.717) is 12.4 Å². The molecule has 1 aliphatic rings. The highest BCUT2D eigenvalue weighted by atomic mass is 16.5. The van der Waals surface area contributed by atoms with Gasteiger partial charge in [-0.05, 0) is 30.7 Å². The first-order valence-corrected chi connectivity index (χ1v) is 9.87. The van der Waals surface area contributed by atoms with Gasteiger partial charge in [0.2, 0.25) is 5.88 Å². The van der Waals surface area contributed by atoms with Crippen molar-refractivity contribution in [1.29, 1.82) is 0 Å². The van der Waals surface area contributed by atoms with Crippen LogP contribution in [0.3, 0.4) is 0 Å². The predicted octanol–water partition coefficient (Wildman–Crippen LogP) is 2.80. The topological polar surface area (TPSA) is 67.6 Å². The Labute approximate surface area is 171 Å². The van der Waals surface area contributed by atoms with Crippen LogP contribution >= 0.6 is 0 Å². The molecule has 1 unspecified atom stereocenters. The third-order valence-electron chi connectivity index (χ3n) is 4.98. The molecule has 0 spiro atoms. The van der Waals surface area contributed by atoms with Crippen LogP contribution in [0.4, 0.5) is 0 Å². The van der Waals surface area contributed by atoms with E-state index in [2.05, 4.69) is 37.4 Å². The van der Waals surface area contributed by atoms with Gasteiger partial charge in [0.05, 0.1) is 17.9 Å². The third kappa shape index (κ3) is 4.56. The van der Waals surface area contributed by atoms with Crippen LogP contribution in [-0.4, -0.2) is 51.9 Å². The summed E-state index contributed by atoms with van der Waals surface area (Å²) in [7, 11) is 1.82. The molecule has 1 fully saturated rings. The van der Waals surface area contributed by atoms with Crippen molar-refractivity contribution in [2.75, 3.05) is 20.1 Å². The molecular weight excluding hydrogens is 364 g/mol. The lowest BCUT2D eigenvalue weighted by atomic mass is 10.2. The van der Waals surface area contributed by atoms with Gasteiger partial charge in [0.1, 0.15) is 6.10 Å². The van der Waals surface area contributed by atoms with E-state index in [4.69, 9.17) is 4.74 Å². The Bertz CT molecular complexity index is 968. The highest BCUT2D eigenvalue weighted by molar-refractivity contribution is 5.80. The summed E-state index contributed by atoms with van der Waals surface area (Å²) < 4.78 is 7.91. The SMILES string of the molecule is CN=C(NCc1ccccc1-n1ccc(C)n1)N1CCC(Oc2ccccn2)C1. The molecule has 150 valence electrons. The second-order valence-electron chi connectivity index (χ2n) is 7.07. The van der Waals surface area contributed by atoms with Gasteiger partial charge in [0.25, 0.3) is 0 Å². The van der Waals surface area contributed by atoms with Crippen molar-refractivity contribution in [3.05, 3.63) is 72.2 Å². The Morgan fingerprint density at radius 1 is 1.21 bits per heavy atom. The van der Waals surface area contributed by atoms with Crippen molar-refractivity contribution < 1.29 is 4.74 Å². The zero-order valence-electron chi connectivity index (χ0n) is 16.8. The highest BCUT2D eigenvalue weighted by Gasteiger charge is 2.26. The van der Waals surface area contributed by atoms with Crippen LogP contribution in [0.15, 0.2) is 65.9 Å². The maximum absolute atomic E-state index is 6.00. The smallest absolute Gasteiger partial charge is 0.213 e. The summed E-state index contributed by atoms with van der Waals surface area (Å²) >= 11 is 0. The van der Waals surface area contributed by atoms with Gasteiger partial charge in [-0.1, -0.05) is 24.3 Å². The van der Waals surface area contributed by atoms with E-state index in [9.17, 15) is 0 Å². The molecule has 1 atom stereocenters. The van der Waals surface area contributed by atoms with Crippen LogP contribution in [0.25, 0.3) is 5.69 Å². The quantitative estimate of drug-likeness (QED) is 0.536. The second-order valence-corrected chi connectivity index (χ2v) is 7.07. The van der Waals surface area contributed by atoms with Crippen LogP contribution in [0, 0.1) is 6.92 Å². The first kappa shape index (κ1) is 19.0. The van der Waals surface area contributed by atoms with Crippen LogP contribution in [0.1, 0.15) is 17.7 Å². The average molecular weight is 390 g/mol. The fourth-order valence-corrected chi connectivity index (χ4v) is 3.54. The number of likely N-dealkylation sites (tertiary alicyclic amines) is 1. The van der Waals surface area contributed by atoms with Crippen molar-refractivity contribution in [2.45, 2.75) is 26.0 Å². The summed E-state index contributed by atoms with van der Waals surface area (Å²) in [6.45, 7) is 4.35. The summed E-state index contributed by atoms with van der Waals surface area (Å²) in [6.07, 6.45) is 4.80. The van der Waals surface area contributed by atoms with Gasteiger partial charge in [-0.3, -0.25) is 4.99 Å². The van der Waals surface area contributed by atoms with E-state index >= 15 is 0 Å². The number of aryl methyl sites for hydroxylation is 1. The fourth-order valence-electron chi connectivity index (χ4n) is 3.54. The van der Waals surface area contributed by atoms with E-state index < -0.39 is 0 Å². The minimum absolute atomic E-state index is 0.114. The number of rotatable bonds is 5. The van der Waals surface area contributed by atoms with E-state index in [1.54, 1.807) is 6.20 Å². The Kier molecular flexibility index (Phi) is 5.74. The zero-order valence-corrected chi connectivity index (χ0v) is 16.8. The zero-order chi connectivity index (χ0) is 20.1. The van der Waals surface area contributed by atoms with Crippen molar-refractivity contribution in [3.8, 4) is 11.6 Å². The number of aromatic nitrogens is 3. The van der Waals surface area contributed by atoms with Gasteiger partial charge >= 0.3 is 0 Å². The van der Waals surface area contributed by atoms with Gasteiger partial charge in [0.15, 0.2) is 5.96 Å². The largest absolute Gasteiger partial charge is 0.472 e. The summed E-state index contributed by atoms with van der Waals surface area (Å²) in [5.41, 5.74) is 3.23. The number of pyridine rings is 1. The third-order valence-corrected chi connectivity index (χ3v) is 4.98. The summed E-state index contributed by atoms with van der Waals surface area (Å²) in [6, 6.07) is 16.0. The minimum Gasteiger partial charge on any atom is -0.472 e. The van der Waals surface area contributed by atoms with Gasteiger partial charge in [-0.2, -0.15) is 5.10 Å². The molecule has 0 saturated carbocycles. The standard InChI is InChI=1S/C22H26N6O/c1-17-10-14-28(26-17)20-8-4-3-7-18(20)15-25-22(23-2)27-13-11-19(16-27)29-21-9-5-6-12-24-21/h3-10,12,14,19H,11,13,15-16H2,1-2H3,(H,23,25). The monoisotopic (exact) mass is 390 g/mol. The van der Waals surface area contributed by atoms with Gasteiger partial charge in [0, 0.05) is 45.0 Å². The van der Waals surface area contributed by atoms with Gasteiger partial charge in [-0.25, -0.2) is 9.67 Å². The molecule has 0 amide bonds. The molecule has 3 aromatic rings. The predicted molar refractivity (Wildman–Crippen MR) is 113 cm³/mol. The normalized spacial score (nSPS) is 16.8. The number of nitrogens with zero attached hydrogens (tertiary/aromatic N) is 5. The maximum atomic E-state index is 6.00. The molecule has 7 heteroatoms. The summed E-state index contributed by atoms with van der Waals surface area (Å²) in [5.74, 6) is 1.55. The summed E-state index contributed by atoms with van der Waals surface area (Å²) in [5, 5.41) is 8.03. The van der Waals surface area contributed by atoms with Crippen molar-refractivity contribution in [2.24, 2.45) is 4.99 Å². The average Bonchev–Trinajstić information content (AvgIpc) is 3.39. The Morgan fingerprint density at radius 3 is 2.83 bits per heavy atom. The molecule has 1 aromatic carbocycles. The number of hydrogen-bond donors (Lipinski definition) is 1. The van der Waals surface area contributed by atoms with E-state index in [1.165, 1.54) is 0 Å². The Morgan fingerprint density at radius 2 is 2.07 bits per heavy atom. The molecular formula is C22H26N6O. The lowest BCUT2D eigenvalue weighted by molar-refractivity contribution is 0.205. The Balaban J connectivity index is 1.38. The molecule has 0 radical (unpaired) electrons. The van der Waals surface area contributed by atoms with Crippen LogP contribution in [0.5, 0.6) is 5.88 Å². The molecule has 1 aliphatic heterocycles. The first-order chi connectivity index (χ1) is 14.2. The molecule has 1 saturated heterocycles. The summed E-state index contributed by atoms with van der Waals surface area (Å²) in [4.78, 5) is 11.0. The minimum atomic E-state index is 0.114. The number of guanidine groups is 1. The van der Waals surface area contributed by atoms with Crippen LogP contribution in [-0.2, 0) is 6.54 Å². The molecule has 0 bridgehead atoms. The number of nitrogens with one attached hydrogen (secondary N) is 1.